The van der Waals surface area contributed by atoms with Gasteiger partial charge in [-0.1, -0.05) is 36.4 Å². The van der Waals surface area contributed by atoms with Crippen molar-refractivity contribution in [1.82, 2.24) is 4.90 Å². The van der Waals surface area contributed by atoms with Crippen LogP contribution in [0.1, 0.15) is 5.56 Å². The summed E-state index contributed by atoms with van der Waals surface area (Å²) in [6, 6.07) is 18.5. The van der Waals surface area contributed by atoms with Crippen LogP contribution in [0.3, 0.4) is 0 Å². The van der Waals surface area contributed by atoms with Crippen LogP contribution in [0.25, 0.3) is 0 Å². The molecule has 1 heterocycles. The van der Waals surface area contributed by atoms with Crippen LogP contribution in [-0.2, 0) is 0 Å². The Bertz CT molecular complexity index is 650. The van der Waals surface area contributed by atoms with Gasteiger partial charge in [-0.3, -0.25) is 0 Å². The Kier molecular flexibility index (Phi) is 4.00. The van der Waals surface area contributed by atoms with Crippen molar-refractivity contribution in [2.24, 2.45) is 0 Å². The molecule has 22 heavy (non-hydrogen) atoms. The molecule has 0 atom stereocenters. The number of urea groups is 1. The lowest BCUT2D eigenvalue weighted by Gasteiger charge is -2.44. The number of likely N-dealkylation sites (N-methyl/N-ethyl adjacent to an activating group) is 1. The number of nitrogens with one attached hydrogen (secondary N) is 1. The standard InChI is InChI=1S/C18H21N3O/c1-14-8-6-7-11-17(14)19-18(22)21-12-16(13-21)20(2)15-9-4-3-5-10-15/h3-11,16H,12-13H2,1-2H3,(H,19,22). The number of benzene rings is 2. The molecule has 2 aromatic rings. The van der Waals surface area contributed by atoms with E-state index in [-0.39, 0.29) is 6.03 Å². The molecule has 114 valence electrons. The first kappa shape index (κ1) is 14.4. The third-order valence-corrected chi connectivity index (χ3v) is 4.25. The summed E-state index contributed by atoms with van der Waals surface area (Å²) >= 11 is 0. The normalized spacial score (nSPS) is 14.4. The molecule has 0 saturated carbocycles. The maximum atomic E-state index is 12.2. The van der Waals surface area contributed by atoms with Crippen molar-refractivity contribution in [1.29, 1.82) is 0 Å². The molecule has 0 bridgehead atoms. The van der Waals surface area contributed by atoms with E-state index in [2.05, 4.69) is 29.4 Å². The van der Waals surface area contributed by atoms with Crippen molar-refractivity contribution in [3.05, 3.63) is 60.2 Å². The maximum Gasteiger partial charge on any atom is 0.321 e. The fourth-order valence-electron chi connectivity index (χ4n) is 2.65. The van der Waals surface area contributed by atoms with Crippen LogP contribution in [0.5, 0.6) is 0 Å². The topological polar surface area (TPSA) is 35.6 Å². The number of carbonyl (C=O) groups is 1. The van der Waals surface area contributed by atoms with Crippen molar-refractivity contribution in [2.45, 2.75) is 13.0 Å². The van der Waals surface area contributed by atoms with E-state index >= 15 is 0 Å². The van der Waals surface area contributed by atoms with Crippen LogP contribution < -0.4 is 10.2 Å². The predicted octanol–water partition coefficient (Wildman–Crippen LogP) is 3.35. The first-order valence-corrected chi connectivity index (χ1v) is 7.54. The average molecular weight is 295 g/mol. The van der Waals surface area contributed by atoms with Crippen LogP contribution >= 0.6 is 0 Å². The summed E-state index contributed by atoms with van der Waals surface area (Å²) < 4.78 is 0. The highest BCUT2D eigenvalue weighted by molar-refractivity contribution is 5.90. The van der Waals surface area contributed by atoms with Crippen molar-refractivity contribution in [3.8, 4) is 0 Å². The summed E-state index contributed by atoms with van der Waals surface area (Å²) in [6.45, 7) is 3.50. The van der Waals surface area contributed by atoms with E-state index < -0.39 is 0 Å². The largest absolute Gasteiger partial charge is 0.368 e. The molecule has 4 nitrogen and oxygen atoms in total. The monoisotopic (exact) mass is 295 g/mol. The number of aryl methyl sites for hydroxylation is 1. The van der Waals surface area contributed by atoms with Crippen LogP contribution in [-0.4, -0.2) is 37.1 Å². The Labute approximate surface area is 131 Å². The molecule has 4 heteroatoms. The second-order valence-corrected chi connectivity index (χ2v) is 5.75. The summed E-state index contributed by atoms with van der Waals surface area (Å²) in [5.41, 5.74) is 3.15. The van der Waals surface area contributed by atoms with E-state index in [0.29, 0.717) is 6.04 Å². The molecule has 0 radical (unpaired) electrons. The van der Waals surface area contributed by atoms with Gasteiger partial charge in [-0.25, -0.2) is 4.79 Å². The first-order valence-electron chi connectivity index (χ1n) is 7.54. The molecule has 1 saturated heterocycles. The van der Waals surface area contributed by atoms with Gasteiger partial charge in [0.1, 0.15) is 0 Å². The van der Waals surface area contributed by atoms with Crippen molar-refractivity contribution in [3.63, 3.8) is 0 Å². The number of carbonyl (C=O) groups excluding carboxylic acids is 1. The lowest BCUT2D eigenvalue weighted by Crippen LogP contribution is -2.61. The Morgan fingerprint density at radius 2 is 1.73 bits per heavy atom. The van der Waals surface area contributed by atoms with E-state index in [1.165, 1.54) is 5.69 Å². The van der Waals surface area contributed by atoms with E-state index in [9.17, 15) is 4.79 Å². The van der Waals surface area contributed by atoms with E-state index in [1.54, 1.807) is 0 Å². The number of anilines is 2. The molecule has 2 aromatic carbocycles. The Morgan fingerprint density at radius 3 is 2.41 bits per heavy atom. The van der Waals surface area contributed by atoms with Crippen LogP contribution in [0.2, 0.25) is 0 Å². The molecule has 0 spiro atoms. The van der Waals surface area contributed by atoms with Gasteiger partial charge in [0, 0.05) is 31.5 Å². The zero-order valence-corrected chi connectivity index (χ0v) is 13.0. The van der Waals surface area contributed by atoms with Gasteiger partial charge >= 0.3 is 6.03 Å². The zero-order chi connectivity index (χ0) is 15.5. The number of nitrogens with zero attached hydrogens (tertiary/aromatic N) is 2. The molecule has 0 aliphatic carbocycles. The van der Waals surface area contributed by atoms with Gasteiger partial charge in [-0.15, -0.1) is 0 Å². The summed E-state index contributed by atoms with van der Waals surface area (Å²) in [7, 11) is 2.08. The number of para-hydroxylation sites is 2. The van der Waals surface area contributed by atoms with Crippen molar-refractivity contribution in [2.75, 3.05) is 30.4 Å². The molecule has 1 aliphatic heterocycles. The molecular formula is C18H21N3O. The molecule has 1 fully saturated rings. The van der Waals surface area contributed by atoms with Gasteiger partial charge in [0.25, 0.3) is 0 Å². The van der Waals surface area contributed by atoms with Gasteiger partial charge < -0.3 is 15.1 Å². The molecule has 3 rings (SSSR count). The number of amides is 2. The van der Waals surface area contributed by atoms with Crippen molar-refractivity contribution < 1.29 is 4.79 Å². The summed E-state index contributed by atoms with van der Waals surface area (Å²) in [4.78, 5) is 16.3. The minimum absolute atomic E-state index is 0.0213. The minimum atomic E-state index is -0.0213. The summed E-state index contributed by atoms with van der Waals surface area (Å²) in [5, 5.41) is 2.98. The number of likely N-dealkylation sites (tertiary alicyclic amines) is 1. The highest BCUT2D eigenvalue weighted by atomic mass is 16.2. The van der Waals surface area contributed by atoms with Gasteiger partial charge in [0.15, 0.2) is 0 Å². The molecule has 2 amide bonds. The molecule has 1 N–H and O–H groups in total. The van der Waals surface area contributed by atoms with Gasteiger partial charge in [-0.05, 0) is 30.7 Å². The number of hydrogen-bond donors (Lipinski definition) is 1. The zero-order valence-electron chi connectivity index (χ0n) is 13.0. The maximum absolute atomic E-state index is 12.2. The SMILES string of the molecule is Cc1ccccc1NC(=O)N1CC(N(C)c2ccccc2)C1. The Hall–Kier alpha value is -2.49. The van der Waals surface area contributed by atoms with Crippen LogP contribution in [0.15, 0.2) is 54.6 Å². The van der Waals surface area contributed by atoms with Crippen LogP contribution in [0.4, 0.5) is 16.2 Å². The highest BCUT2D eigenvalue weighted by Crippen LogP contribution is 2.22. The summed E-state index contributed by atoms with van der Waals surface area (Å²) in [6.07, 6.45) is 0. The second-order valence-electron chi connectivity index (χ2n) is 5.75. The average Bonchev–Trinajstić information content (AvgIpc) is 2.49. The number of hydrogen-bond acceptors (Lipinski definition) is 2. The van der Waals surface area contributed by atoms with Gasteiger partial charge in [-0.2, -0.15) is 0 Å². The first-order chi connectivity index (χ1) is 10.6. The smallest absolute Gasteiger partial charge is 0.321 e. The lowest BCUT2D eigenvalue weighted by atomic mass is 10.1. The minimum Gasteiger partial charge on any atom is -0.368 e. The Balaban J connectivity index is 1.55. The van der Waals surface area contributed by atoms with E-state index in [1.807, 2.05) is 54.3 Å². The summed E-state index contributed by atoms with van der Waals surface area (Å²) in [5.74, 6) is 0. The third-order valence-electron chi connectivity index (χ3n) is 4.25. The van der Waals surface area contributed by atoms with E-state index in [4.69, 9.17) is 0 Å². The highest BCUT2D eigenvalue weighted by Gasteiger charge is 2.33. The quantitative estimate of drug-likeness (QED) is 0.942. The van der Waals surface area contributed by atoms with Crippen molar-refractivity contribution >= 4 is 17.4 Å². The van der Waals surface area contributed by atoms with Crippen LogP contribution in [0, 0.1) is 6.92 Å². The second kappa shape index (κ2) is 6.10. The van der Waals surface area contributed by atoms with E-state index in [0.717, 1.165) is 24.3 Å². The third kappa shape index (κ3) is 2.91. The lowest BCUT2D eigenvalue weighted by molar-refractivity contribution is 0.163. The molecular weight excluding hydrogens is 274 g/mol. The molecule has 1 aliphatic rings. The molecule has 0 aromatic heterocycles. The van der Waals surface area contributed by atoms with Gasteiger partial charge in [0.05, 0.1) is 6.04 Å². The fraction of sp³-hybridized carbons (Fsp3) is 0.278. The number of rotatable bonds is 3. The molecule has 0 unspecified atom stereocenters. The fourth-order valence-corrected chi connectivity index (χ4v) is 2.65. The Morgan fingerprint density at radius 1 is 1.09 bits per heavy atom. The van der Waals surface area contributed by atoms with Gasteiger partial charge in [0.2, 0.25) is 0 Å². The predicted molar refractivity (Wildman–Crippen MR) is 90.4 cm³/mol.